The van der Waals surface area contributed by atoms with Crippen molar-refractivity contribution < 1.29 is 33.5 Å². The predicted molar refractivity (Wildman–Crippen MR) is 212 cm³/mol. The van der Waals surface area contributed by atoms with Crippen LogP contribution in [0, 0.1) is 23.7 Å². The van der Waals surface area contributed by atoms with Gasteiger partial charge in [0, 0.05) is 35.9 Å². The van der Waals surface area contributed by atoms with Crippen molar-refractivity contribution in [1.29, 1.82) is 0 Å². The first-order valence-electron chi connectivity index (χ1n) is 18.0. The van der Waals surface area contributed by atoms with Crippen molar-refractivity contribution in [1.82, 2.24) is 10.6 Å². The molecule has 0 saturated carbocycles. The lowest BCUT2D eigenvalue weighted by Crippen LogP contribution is -2.49. The van der Waals surface area contributed by atoms with Crippen molar-refractivity contribution in [2.45, 2.75) is 92.2 Å². The van der Waals surface area contributed by atoms with Gasteiger partial charge in [-0.1, -0.05) is 83.5 Å². The van der Waals surface area contributed by atoms with E-state index < -0.39 is 41.7 Å². The molecule has 2 aromatic carbocycles. The molecule has 1 aromatic heterocycles. The van der Waals surface area contributed by atoms with Crippen molar-refractivity contribution >= 4 is 46.9 Å². The second-order valence-electron chi connectivity index (χ2n) is 13.9. The van der Waals surface area contributed by atoms with E-state index in [9.17, 15) is 29.1 Å². The average molecular weight is 766 g/mol. The Labute approximate surface area is 323 Å². The highest BCUT2D eigenvalue weighted by Gasteiger charge is 2.34. The number of carboxylic acids is 1. The Morgan fingerprint density at radius 2 is 1.52 bits per heavy atom. The van der Waals surface area contributed by atoms with Crippen molar-refractivity contribution in [2.75, 3.05) is 6.54 Å². The van der Waals surface area contributed by atoms with E-state index in [1.807, 2.05) is 58.0 Å². The number of benzene rings is 2. The van der Waals surface area contributed by atoms with Crippen LogP contribution < -0.4 is 22.1 Å². The number of aliphatic carboxylic acids is 1. The average Bonchev–Trinajstić information content (AvgIpc) is 3.62. The molecule has 7 N–H and O–H groups in total. The third-order valence-corrected chi connectivity index (χ3v) is 9.40. The number of carboxylic acid groups (broad SMARTS) is 1. The second-order valence-corrected chi connectivity index (χ2v) is 14.3. The molecule has 5 atom stereocenters. The van der Waals surface area contributed by atoms with Crippen LogP contribution in [0.15, 0.2) is 76.1 Å². The lowest BCUT2D eigenvalue weighted by atomic mass is 9.85. The third kappa shape index (κ3) is 14.5. The zero-order valence-corrected chi connectivity index (χ0v) is 31.6. The maximum absolute atomic E-state index is 13.9. The van der Waals surface area contributed by atoms with Crippen LogP contribution in [0.5, 0.6) is 0 Å². The van der Waals surface area contributed by atoms with Gasteiger partial charge in [0.15, 0.2) is 23.3 Å². The van der Waals surface area contributed by atoms with E-state index >= 15 is 0 Å². The summed E-state index contributed by atoms with van der Waals surface area (Å²) in [6.45, 7) is 7.78. The highest BCUT2D eigenvalue weighted by atomic mass is 35.5. The van der Waals surface area contributed by atoms with Gasteiger partial charge < -0.3 is 31.6 Å². The fourth-order valence-corrected chi connectivity index (χ4v) is 6.20. The second kappa shape index (κ2) is 22.3. The summed E-state index contributed by atoms with van der Waals surface area (Å²) < 4.78 is 5.80. The normalized spacial score (nSPS) is 13.7. The van der Waals surface area contributed by atoms with Crippen molar-refractivity contribution in [3.05, 3.63) is 83.1 Å². The number of aliphatic imine (C=N–C) groups is 1. The number of Topliss-reactive ketones (excluding diaryl/α,β-unsaturated/α-hetero) is 2. The van der Waals surface area contributed by atoms with Crippen LogP contribution in [0.2, 0.25) is 5.02 Å². The number of nitrogens with one attached hydrogen (secondary N) is 2. The van der Waals surface area contributed by atoms with Crippen molar-refractivity contribution in [3.8, 4) is 11.3 Å². The summed E-state index contributed by atoms with van der Waals surface area (Å²) in [4.78, 5) is 71.1. The molecular formula is C41H56ClN5O7. The maximum Gasteiger partial charge on any atom is 0.307 e. The molecule has 2 amide bonds. The number of nitrogens with two attached hydrogens (primary N) is 2. The van der Waals surface area contributed by atoms with E-state index in [-0.39, 0.29) is 74.8 Å². The van der Waals surface area contributed by atoms with Gasteiger partial charge in [-0.2, -0.15) is 0 Å². The van der Waals surface area contributed by atoms with E-state index in [0.717, 1.165) is 5.56 Å². The molecule has 3 aromatic rings. The standard InChI is InChI=1S/C40H52ClN5O7.CH4/c1-5-25(4)36(33(48)23-29(39(51)52)21-26-10-7-6-8-11-26)46-37(49)28(20-24(2)3)22-32(47)31(12-9-19-44-40(42)43)45-38(50)35-18-17-34(53-35)27-13-15-30(41)16-14-27;/h6-8,10-11,13-18,24-25,28-29,31,36H,5,9,12,19-23H2,1-4H3,(H,45,50)(H,46,49)(H,51,52)(H4,42,43,44);1H4/t25-,28+,29+,31-,36-;/m0./s1. The highest BCUT2D eigenvalue weighted by Crippen LogP contribution is 2.25. The number of halogens is 1. The van der Waals surface area contributed by atoms with E-state index in [1.54, 1.807) is 30.3 Å². The molecule has 1 heterocycles. The molecule has 294 valence electrons. The van der Waals surface area contributed by atoms with Gasteiger partial charge in [-0.05, 0) is 79.5 Å². The SMILES string of the molecule is C.CC[C@H](C)[C@H](NC(=O)[C@@H](CC(=O)[C@H](CCCN=C(N)N)NC(=O)c1ccc(-c2ccc(Cl)cc2)o1)CC(C)C)C(=O)C[C@@H](Cc1ccccc1)C(=O)O. The molecule has 13 heteroatoms. The number of ketones is 2. The zero-order chi connectivity index (χ0) is 39.1. The van der Waals surface area contributed by atoms with Gasteiger partial charge in [0.05, 0.1) is 18.0 Å². The fourth-order valence-electron chi connectivity index (χ4n) is 6.08. The Morgan fingerprint density at radius 1 is 0.870 bits per heavy atom. The van der Waals surface area contributed by atoms with Crippen LogP contribution in [-0.2, 0) is 25.6 Å². The lowest BCUT2D eigenvalue weighted by Gasteiger charge is -2.28. The number of hydrogen-bond donors (Lipinski definition) is 5. The molecule has 0 aliphatic heterocycles. The van der Waals surface area contributed by atoms with Crippen molar-refractivity contribution in [3.63, 3.8) is 0 Å². The summed E-state index contributed by atoms with van der Waals surface area (Å²) in [7, 11) is 0. The van der Waals surface area contributed by atoms with Gasteiger partial charge in [0.25, 0.3) is 5.91 Å². The van der Waals surface area contributed by atoms with Crippen LogP contribution >= 0.6 is 11.6 Å². The first-order valence-corrected chi connectivity index (χ1v) is 18.4. The molecule has 0 saturated heterocycles. The predicted octanol–water partition coefficient (Wildman–Crippen LogP) is 6.44. The van der Waals surface area contributed by atoms with E-state index in [0.29, 0.717) is 35.6 Å². The number of carbonyl (C=O) groups is 5. The van der Waals surface area contributed by atoms with Crippen LogP contribution in [0.25, 0.3) is 11.3 Å². The summed E-state index contributed by atoms with van der Waals surface area (Å²) in [6.07, 6.45) is 1.14. The van der Waals surface area contributed by atoms with Gasteiger partial charge in [-0.15, -0.1) is 0 Å². The molecular weight excluding hydrogens is 710 g/mol. The zero-order valence-electron chi connectivity index (χ0n) is 30.8. The van der Waals surface area contributed by atoms with Crippen LogP contribution in [0.4, 0.5) is 0 Å². The Kier molecular flexibility index (Phi) is 18.7. The highest BCUT2D eigenvalue weighted by molar-refractivity contribution is 6.30. The summed E-state index contributed by atoms with van der Waals surface area (Å²) >= 11 is 6.00. The van der Waals surface area contributed by atoms with Gasteiger partial charge in [0.2, 0.25) is 5.91 Å². The molecule has 0 aliphatic rings. The minimum atomic E-state index is -1.09. The monoisotopic (exact) mass is 765 g/mol. The van der Waals surface area contributed by atoms with Crippen molar-refractivity contribution in [2.24, 2.45) is 40.1 Å². The van der Waals surface area contributed by atoms with E-state index in [4.69, 9.17) is 27.5 Å². The molecule has 0 radical (unpaired) electrons. The summed E-state index contributed by atoms with van der Waals surface area (Å²) in [5.41, 5.74) is 12.4. The van der Waals surface area contributed by atoms with Crippen LogP contribution in [-0.4, -0.2) is 59.0 Å². The maximum atomic E-state index is 13.9. The van der Waals surface area contributed by atoms with Crippen LogP contribution in [0.3, 0.4) is 0 Å². The Balaban J connectivity index is 0.0000101. The smallest absolute Gasteiger partial charge is 0.307 e. The molecule has 0 fully saturated rings. The minimum Gasteiger partial charge on any atom is -0.481 e. The molecule has 0 aliphatic carbocycles. The number of carbonyl (C=O) groups excluding carboxylic acids is 4. The molecule has 0 unspecified atom stereocenters. The number of nitrogens with zero attached hydrogens (tertiary/aromatic N) is 1. The summed E-state index contributed by atoms with van der Waals surface area (Å²) in [5.74, 6) is -4.68. The Hall–Kier alpha value is -4.97. The third-order valence-electron chi connectivity index (χ3n) is 9.15. The topological polar surface area (TPSA) is 207 Å². The van der Waals surface area contributed by atoms with E-state index in [2.05, 4.69) is 15.6 Å². The number of furan rings is 1. The van der Waals surface area contributed by atoms with E-state index in [1.165, 1.54) is 6.07 Å². The van der Waals surface area contributed by atoms with Gasteiger partial charge in [0.1, 0.15) is 5.76 Å². The Bertz CT molecular complexity index is 1700. The van der Waals surface area contributed by atoms with Crippen LogP contribution in [0.1, 0.15) is 89.8 Å². The molecule has 0 spiro atoms. The summed E-state index contributed by atoms with van der Waals surface area (Å²) in [5, 5.41) is 16.2. The lowest BCUT2D eigenvalue weighted by molar-refractivity contribution is -0.144. The molecule has 0 bridgehead atoms. The number of rotatable bonds is 22. The molecule has 3 rings (SSSR count). The first kappa shape index (κ1) is 45.2. The van der Waals surface area contributed by atoms with Gasteiger partial charge in [-0.3, -0.25) is 29.0 Å². The number of hydrogen-bond acceptors (Lipinski definition) is 7. The van der Waals surface area contributed by atoms with Gasteiger partial charge in [-0.25, -0.2) is 0 Å². The number of guanidine groups is 1. The minimum absolute atomic E-state index is 0. The van der Waals surface area contributed by atoms with Gasteiger partial charge >= 0.3 is 5.97 Å². The number of amides is 2. The summed E-state index contributed by atoms with van der Waals surface area (Å²) in [6, 6.07) is 17.2. The molecule has 54 heavy (non-hydrogen) atoms. The molecule has 12 nitrogen and oxygen atoms in total. The quantitative estimate of drug-likeness (QED) is 0.0433. The largest absolute Gasteiger partial charge is 0.481 e. The Morgan fingerprint density at radius 3 is 2.11 bits per heavy atom. The fraction of sp³-hybridized carbons (Fsp3) is 0.463. The first-order chi connectivity index (χ1) is 25.2.